The number of nitrogen functional groups attached to an aromatic ring is 1. The van der Waals surface area contributed by atoms with Crippen molar-refractivity contribution in [1.82, 2.24) is 4.98 Å². The van der Waals surface area contributed by atoms with Gasteiger partial charge in [-0.1, -0.05) is 18.2 Å². The molecule has 0 bridgehead atoms. The number of nitrogens with two attached hydrogens (primary N) is 1. The van der Waals surface area contributed by atoms with Crippen molar-refractivity contribution in [2.45, 2.75) is 6.18 Å². The molecule has 88 valence electrons. The summed E-state index contributed by atoms with van der Waals surface area (Å²) < 4.78 is 37.9. The number of nitrogens with zero attached hydrogens (tertiary/aromatic N) is 1. The summed E-state index contributed by atoms with van der Waals surface area (Å²) in [5, 5.41) is 0. The lowest BCUT2D eigenvalue weighted by Crippen LogP contribution is -2.09. The van der Waals surface area contributed by atoms with Crippen LogP contribution in [0.3, 0.4) is 0 Å². The molecule has 0 aliphatic carbocycles. The average molecular weight is 238 g/mol. The largest absolute Gasteiger partial charge is 0.418 e. The van der Waals surface area contributed by atoms with Gasteiger partial charge in [0.25, 0.3) is 0 Å². The molecule has 0 spiro atoms. The predicted octanol–water partition coefficient (Wildman–Crippen LogP) is 3.35. The van der Waals surface area contributed by atoms with Crippen LogP contribution in [0.4, 0.5) is 18.9 Å². The minimum Gasteiger partial charge on any atom is -0.398 e. The van der Waals surface area contributed by atoms with Gasteiger partial charge in [-0.25, -0.2) is 0 Å². The van der Waals surface area contributed by atoms with E-state index in [0.717, 1.165) is 6.07 Å². The number of hydrogen-bond donors (Lipinski definition) is 1. The summed E-state index contributed by atoms with van der Waals surface area (Å²) >= 11 is 0. The summed E-state index contributed by atoms with van der Waals surface area (Å²) in [4.78, 5) is 3.86. The molecule has 0 aliphatic heterocycles. The third-order valence-electron chi connectivity index (χ3n) is 2.38. The topological polar surface area (TPSA) is 38.9 Å². The predicted molar refractivity (Wildman–Crippen MR) is 59.1 cm³/mol. The number of benzene rings is 1. The molecule has 0 radical (unpaired) electrons. The SMILES string of the molecule is Nc1c(-c2cccnc2)cccc1C(F)(F)F. The zero-order valence-electron chi connectivity index (χ0n) is 8.70. The summed E-state index contributed by atoms with van der Waals surface area (Å²) in [6, 6.07) is 7.16. The van der Waals surface area contributed by atoms with Crippen LogP contribution in [0.5, 0.6) is 0 Å². The molecular formula is C12H9F3N2. The first-order chi connectivity index (χ1) is 8.00. The highest BCUT2D eigenvalue weighted by molar-refractivity contribution is 5.78. The number of pyridine rings is 1. The standard InChI is InChI=1S/C12H9F3N2/c13-12(14,15)10-5-1-4-9(11(10)16)8-3-2-6-17-7-8/h1-7H,16H2. The Hall–Kier alpha value is -2.04. The van der Waals surface area contributed by atoms with Crippen molar-refractivity contribution in [3.63, 3.8) is 0 Å². The maximum Gasteiger partial charge on any atom is 0.418 e. The number of rotatable bonds is 1. The molecule has 0 unspecified atom stereocenters. The minimum absolute atomic E-state index is 0.270. The molecule has 1 aromatic carbocycles. The minimum atomic E-state index is -4.44. The summed E-state index contributed by atoms with van der Waals surface area (Å²) in [5.74, 6) is 0. The van der Waals surface area contributed by atoms with Crippen LogP contribution in [0, 0.1) is 0 Å². The Labute approximate surface area is 95.9 Å². The van der Waals surface area contributed by atoms with E-state index >= 15 is 0 Å². The van der Waals surface area contributed by atoms with Gasteiger partial charge >= 0.3 is 6.18 Å². The highest BCUT2D eigenvalue weighted by Crippen LogP contribution is 2.38. The zero-order valence-corrected chi connectivity index (χ0v) is 8.70. The van der Waals surface area contributed by atoms with Gasteiger partial charge in [0.05, 0.1) is 11.3 Å². The molecule has 5 heteroatoms. The van der Waals surface area contributed by atoms with Crippen LogP contribution in [0.15, 0.2) is 42.7 Å². The van der Waals surface area contributed by atoms with Crippen LogP contribution in [0.25, 0.3) is 11.1 Å². The second-order valence-corrected chi connectivity index (χ2v) is 3.51. The molecule has 0 fully saturated rings. The van der Waals surface area contributed by atoms with Crippen LogP contribution >= 0.6 is 0 Å². The molecule has 2 nitrogen and oxygen atoms in total. The van der Waals surface area contributed by atoms with Crippen molar-refractivity contribution >= 4 is 5.69 Å². The van der Waals surface area contributed by atoms with E-state index < -0.39 is 11.7 Å². The third-order valence-corrected chi connectivity index (χ3v) is 2.38. The highest BCUT2D eigenvalue weighted by Gasteiger charge is 2.33. The van der Waals surface area contributed by atoms with E-state index in [9.17, 15) is 13.2 Å². The van der Waals surface area contributed by atoms with Crippen LogP contribution in [0.2, 0.25) is 0 Å². The lowest BCUT2D eigenvalue weighted by atomic mass is 10.0. The van der Waals surface area contributed by atoms with Gasteiger partial charge in [0, 0.05) is 23.5 Å². The van der Waals surface area contributed by atoms with Gasteiger partial charge in [0.2, 0.25) is 0 Å². The first-order valence-corrected chi connectivity index (χ1v) is 4.86. The van der Waals surface area contributed by atoms with Crippen molar-refractivity contribution < 1.29 is 13.2 Å². The first-order valence-electron chi connectivity index (χ1n) is 4.86. The highest BCUT2D eigenvalue weighted by atomic mass is 19.4. The number of para-hydroxylation sites is 1. The Bertz CT molecular complexity index is 521. The molecule has 2 aromatic rings. The van der Waals surface area contributed by atoms with Crippen LogP contribution in [-0.4, -0.2) is 4.98 Å². The van der Waals surface area contributed by atoms with Gasteiger partial charge in [0.15, 0.2) is 0 Å². The fourth-order valence-electron chi connectivity index (χ4n) is 1.59. The maximum atomic E-state index is 12.6. The molecule has 17 heavy (non-hydrogen) atoms. The molecule has 0 saturated carbocycles. The van der Waals surface area contributed by atoms with Gasteiger partial charge < -0.3 is 5.73 Å². The summed E-state index contributed by atoms with van der Waals surface area (Å²) in [6.45, 7) is 0. The van der Waals surface area contributed by atoms with Gasteiger partial charge in [-0.2, -0.15) is 13.2 Å². The van der Waals surface area contributed by atoms with Gasteiger partial charge in [0.1, 0.15) is 0 Å². The average Bonchev–Trinajstić information content (AvgIpc) is 2.29. The molecule has 0 aliphatic rings. The normalized spacial score (nSPS) is 11.5. The number of aromatic nitrogens is 1. The van der Waals surface area contributed by atoms with E-state index in [1.165, 1.54) is 12.3 Å². The van der Waals surface area contributed by atoms with E-state index in [1.807, 2.05) is 0 Å². The Morgan fingerprint density at radius 2 is 1.82 bits per heavy atom. The quantitative estimate of drug-likeness (QED) is 0.774. The van der Waals surface area contributed by atoms with E-state index in [2.05, 4.69) is 4.98 Å². The van der Waals surface area contributed by atoms with Crippen LogP contribution in [-0.2, 0) is 6.18 Å². The molecule has 2 N–H and O–H groups in total. The summed E-state index contributed by atoms with van der Waals surface area (Å²) in [6.07, 6.45) is -1.42. The van der Waals surface area contributed by atoms with Gasteiger partial charge in [-0.15, -0.1) is 0 Å². The van der Waals surface area contributed by atoms with Crippen molar-refractivity contribution in [3.05, 3.63) is 48.3 Å². The lowest BCUT2D eigenvalue weighted by molar-refractivity contribution is -0.136. The van der Waals surface area contributed by atoms with Crippen molar-refractivity contribution in [2.24, 2.45) is 0 Å². The van der Waals surface area contributed by atoms with Crippen LogP contribution in [0.1, 0.15) is 5.56 Å². The fraction of sp³-hybridized carbons (Fsp3) is 0.0833. The Morgan fingerprint density at radius 1 is 1.06 bits per heavy atom. The smallest absolute Gasteiger partial charge is 0.398 e. The third kappa shape index (κ3) is 2.22. The number of anilines is 1. The van der Waals surface area contributed by atoms with Gasteiger partial charge in [-0.3, -0.25) is 4.98 Å². The first kappa shape index (κ1) is 11.4. The van der Waals surface area contributed by atoms with Gasteiger partial charge in [-0.05, 0) is 12.1 Å². The lowest BCUT2D eigenvalue weighted by Gasteiger charge is -2.13. The van der Waals surface area contributed by atoms with Crippen molar-refractivity contribution in [3.8, 4) is 11.1 Å². The molecule has 0 atom stereocenters. The fourth-order valence-corrected chi connectivity index (χ4v) is 1.59. The molecule has 1 heterocycles. The second kappa shape index (κ2) is 4.08. The molecule has 0 saturated heterocycles. The Kier molecular flexibility index (Phi) is 2.75. The monoisotopic (exact) mass is 238 g/mol. The van der Waals surface area contributed by atoms with Crippen molar-refractivity contribution in [1.29, 1.82) is 0 Å². The molecular weight excluding hydrogens is 229 g/mol. The van der Waals surface area contributed by atoms with Crippen LogP contribution < -0.4 is 5.73 Å². The van der Waals surface area contributed by atoms with E-state index in [0.29, 0.717) is 11.1 Å². The summed E-state index contributed by atoms with van der Waals surface area (Å²) in [5.41, 5.74) is 5.37. The molecule has 2 rings (SSSR count). The van der Waals surface area contributed by atoms with E-state index in [-0.39, 0.29) is 5.69 Å². The van der Waals surface area contributed by atoms with Crippen molar-refractivity contribution in [2.75, 3.05) is 5.73 Å². The number of halogens is 3. The maximum absolute atomic E-state index is 12.6. The molecule has 0 amide bonds. The second-order valence-electron chi connectivity index (χ2n) is 3.51. The number of hydrogen-bond acceptors (Lipinski definition) is 2. The molecule has 1 aromatic heterocycles. The Balaban J connectivity index is 2.58. The van der Waals surface area contributed by atoms with E-state index in [1.54, 1.807) is 24.4 Å². The summed E-state index contributed by atoms with van der Waals surface area (Å²) in [7, 11) is 0. The number of alkyl halides is 3. The van der Waals surface area contributed by atoms with E-state index in [4.69, 9.17) is 5.73 Å². The Morgan fingerprint density at radius 3 is 2.41 bits per heavy atom. The zero-order chi connectivity index (χ0) is 12.5.